The van der Waals surface area contributed by atoms with Gasteiger partial charge in [0.2, 0.25) is 11.8 Å². The highest BCUT2D eigenvalue weighted by Gasteiger charge is 2.33. The van der Waals surface area contributed by atoms with Gasteiger partial charge in [0.05, 0.1) is 5.56 Å². The topological polar surface area (TPSA) is 46.3 Å². The molecule has 0 radical (unpaired) electrons. The normalized spacial score (nSPS) is 17.4. The van der Waals surface area contributed by atoms with Crippen LogP contribution in [0.15, 0.2) is 46.9 Å². The molecule has 0 aliphatic carbocycles. The van der Waals surface area contributed by atoms with Crippen LogP contribution in [0, 0.1) is 0 Å². The summed E-state index contributed by atoms with van der Waals surface area (Å²) in [5.74, 6) is 0.152. The summed E-state index contributed by atoms with van der Waals surface area (Å²) < 4.78 is 44.7. The summed E-state index contributed by atoms with van der Waals surface area (Å²) in [7, 11) is 0. The number of fused-ring (bicyclic) bond motifs is 1. The third-order valence-electron chi connectivity index (χ3n) is 4.90. The lowest BCUT2D eigenvalue weighted by molar-refractivity contribution is -0.137. The van der Waals surface area contributed by atoms with Crippen molar-refractivity contribution in [3.8, 4) is 11.1 Å². The van der Waals surface area contributed by atoms with E-state index in [1.54, 1.807) is 29.2 Å². The smallest absolute Gasteiger partial charge is 0.416 e. The molecule has 146 valence electrons. The number of benzene rings is 2. The number of rotatable bonds is 3. The highest BCUT2D eigenvalue weighted by molar-refractivity contribution is 6.27. The van der Waals surface area contributed by atoms with Crippen molar-refractivity contribution >= 4 is 28.6 Å². The lowest BCUT2D eigenvalue weighted by atomic mass is 10.0. The molecule has 1 unspecified atom stereocenters. The van der Waals surface area contributed by atoms with Crippen molar-refractivity contribution in [3.63, 3.8) is 0 Å². The van der Waals surface area contributed by atoms with Crippen molar-refractivity contribution < 1.29 is 22.4 Å². The molecule has 1 amide bonds. The van der Waals surface area contributed by atoms with E-state index in [4.69, 9.17) is 16.0 Å². The van der Waals surface area contributed by atoms with Crippen LogP contribution in [0.1, 0.15) is 30.3 Å². The van der Waals surface area contributed by atoms with Gasteiger partial charge in [-0.2, -0.15) is 13.2 Å². The van der Waals surface area contributed by atoms with E-state index in [1.165, 1.54) is 6.07 Å². The summed E-state index contributed by atoms with van der Waals surface area (Å²) in [6.45, 7) is 0.602. The van der Waals surface area contributed by atoms with Crippen molar-refractivity contribution in [2.75, 3.05) is 12.4 Å². The first-order chi connectivity index (χ1) is 13.4. The fraction of sp³-hybridized carbons (Fsp3) is 0.300. The fourth-order valence-electron chi connectivity index (χ4n) is 3.54. The van der Waals surface area contributed by atoms with Gasteiger partial charge in [0, 0.05) is 6.54 Å². The highest BCUT2D eigenvalue weighted by Crippen LogP contribution is 2.35. The maximum absolute atomic E-state index is 13.0. The zero-order chi connectivity index (χ0) is 19.9. The van der Waals surface area contributed by atoms with E-state index in [0.29, 0.717) is 34.7 Å². The Labute approximate surface area is 163 Å². The zero-order valence-corrected chi connectivity index (χ0v) is 15.4. The molecule has 3 aromatic rings. The molecular weight excluding hydrogens is 393 g/mol. The lowest BCUT2D eigenvalue weighted by Crippen LogP contribution is -2.31. The minimum absolute atomic E-state index is 0.101. The fourth-order valence-corrected chi connectivity index (χ4v) is 3.69. The van der Waals surface area contributed by atoms with Crippen LogP contribution in [0.2, 0.25) is 0 Å². The molecule has 1 aliphatic rings. The molecule has 0 spiro atoms. The largest absolute Gasteiger partial charge is 0.438 e. The number of alkyl halides is 4. The van der Waals surface area contributed by atoms with Crippen LogP contribution in [0.5, 0.6) is 0 Å². The molecule has 0 saturated carbocycles. The average molecular weight is 409 g/mol. The molecule has 2 heterocycles. The third-order valence-corrected chi connectivity index (χ3v) is 5.13. The second kappa shape index (κ2) is 7.13. The van der Waals surface area contributed by atoms with Crippen molar-refractivity contribution in [2.24, 2.45) is 0 Å². The third kappa shape index (κ3) is 3.46. The molecule has 1 saturated heterocycles. The van der Waals surface area contributed by atoms with Gasteiger partial charge < -0.3 is 9.32 Å². The van der Waals surface area contributed by atoms with E-state index in [2.05, 4.69) is 4.98 Å². The molecule has 4 nitrogen and oxygen atoms in total. The van der Waals surface area contributed by atoms with Crippen LogP contribution in [-0.4, -0.2) is 28.2 Å². The number of oxazole rings is 1. The molecule has 4 rings (SSSR count). The van der Waals surface area contributed by atoms with E-state index in [1.807, 2.05) is 0 Å². The summed E-state index contributed by atoms with van der Waals surface area (Å²) in [5.41, 5.74) is 1.41. The van der Waals surface area contributed by atoms with Crippen LogP contribution >= 0.6 is 11.6 Å². The molecule has 1 fully saturated rings. The zero-order valence-electron chi connectivity index (χ0n) is 14.7. The van der Waals surface area contributed by atoms with E-state index in [0.717, 1.165) is 25.0 Å². The van der Waals surface area contributed by atoms with Gasteiger partial charge in [0.1, 0.15) is 17.4 Å². The standard InChI is InChI=1S/C20H16ClF3N2O2/c21-11-18(27)26-8-2-5-16(26)19-25-15-10-13(6-7-17(15)28-19)12-3-1-4-14(9-12)20(22,23)24/h1,3-4,6-7,9-10,16H,2,5,8,11H2. The Morgan fingerprint density at radius 2 is 2.00 bits per heavy atom. The Kier molecular flexibility index (Phi) is 4.79. The van der Waals surface area contributed by atoms with Gasteiger partial charge in [-0.15, -0.1) is 11.6 Å². The average Bonchev–Trinajstić information content (AvgIpc) is 3.32. The second-order valence-electron chi connectivity index (χ2n) is 6.69. The molecule has 1 atom stereocenters. The van der Waals surface area contributed by atoms with Crippen LogP contribution in [0.3, 0.4) is 0 Å². The molecule has 8 heteroatoms. The molecule has 0 N–H and O–H groups in total. The maximum atomic E-state index is 13.0. The Balaban J connectivity index is 1.69. The molecule has 1 aromatic heterocycles. The summed E-state index contributed by atoms with van der Waals surface area (Å²) in [4.78, 5) is 18.1. The van der Waals surface area contributed by atoms with Crippen LogP contribution in [0.4, 0.5) is 13.2 Å². The van der Waals surface area contributed by atoms with Gasteiger partial charge in [-0.25, -0.2) is 4.98 Å². The van der Waals surface area contributed by atoms with Crippen LogP contribution in [0.25, 0.3) is 22.2 Å². The van der Waals surface area contributed by atoms with Crippen molar-refractivity contribution in [3.05, 3.63) is 53.9 Å². The molecule has 2 aromatic carbocycles. The summed E-state index contributed by atoms with van der Waals surface area (Å²) >= 11 is 5.67. The van der Waals surface area contributed by atoms with Crippen molar-refractivity contribution in [2.45, 2.75) is 25.1 Å². The van der Waals surface area contributed by atoms with Gasteiger partial charge in [0.25, 0.3) is 0 Å². The molecule has 28 heavy (non-hydrogen) atoms. The van der Waals surface area contributed by atoms with Gasteiger partial charge in [-0.1, -0.05) is 18.2 Å². The number of carbonyl (C=O) groups is 1. The minimum atomic E-state index is -4.40. The number of carbonyl (C=O) groups excluding carboxylic acids is 1. The van der Waals surface area contributed by atoms with E-state index in [9.17, 15) is 18.0 Å². The number of hydrogen-bond acceptors (Lipinski definition) is 3. The Bertz CT molecular complexity index is 1030. The number of halogens is 4. The number of likely N-dealkylation sites (tertiary alicyclic amines) is 1. The van der Waals surface area contributed by atoms with Gasteiger partial charge in [0.15, 0.2) is 5.58 Å². The van der Waals surface area contributed by atoms with Crippen LogP contribution < -0.4 is 0 Å². The first kappa shape index (κ1) is 18.8. The van der Waals surface area contributed by atoms with Gasteiger partial charge in [-0.05, 0) is 48.2 Å². The first-order valence-corrected chi connectivity index (χ1v) is 9.34. The molecule has 0 bridgehead atoms. The first-order valence-electron chi connectivity index (χ1n) is 8.80. The summed E-state index contributed by atoms with van der Waals surface area (Å²) in [5, 5.41) is 0. The van der Waals surface area contributed by atoms with Crippen molar-refractivity contribution in [1.82, 2.24) is 9.88 Å². The van der Waals surface area contributed by atoms with E-state index >= 15 is 0 Å². The minimum Gasteiger partial charge on any atom is -0.438 e. The summed E-state index contributed by atoms with van der Waals surface area (Å²) in [6.07, 6.45) is -2.83. The van der Waals surface area contributed by atoms with Gasteiger partial charge in [-0.3, -0.25) is 4.79 Å². The monoisotopic (exact) mass is 408 g/mol. The predicted octanol–water partition coefficient (Wildman–Crippen LogP) is 5.42. The van der Waals surface area contributed by atoms with E-state index < -0.39 is 11.7 Å². The number of aromatic nitrogens is 1. The maximum Gasteiger partial charge on any atom is 0.416 e. The number of nitrogens with zero attached hydrogens (tertiary/aromatic N) is 2. The highest BCUT2D eigenvalue weighted by atomic mass is 35.5. The molecule has 1 aliphatic heterocycles. The Morgan fingerprint density at radius 3 is 2.75 bits per heavy atom. The molecular formula is C20H16ClF3N2O2. The second-order valence-corrected chi connectivity index (χ2v) is 6.96. The number of amides is 1. The van der Waals surface area contributed by atoms with Crippen molar-refractivity contribution in [1.29, 1.82) is 0 Å². The summed E-state index contributed by atoms with van der Waals surface area (Å²) in [6, 6.07) is 9.96. The number of hydrogen-bond donors (Lipinski definition) is 0. The Hall–Kier alpha value is -2.54. The predicted molar refractivity (Wildman–Crippen MR) is 98.9 cm³/mol. The van der Waals surface area contributed by atoms with Gasteiger partial charge >= 0.3 is 6.18 Å². The van der Waals surface area contributed by atoms with Crippen LogP contribution in [-0.2, 0) is 11.0 Å². The quantitative estimate of drug-likeness (QED) is 0.544. The van der Waals surface area contributed by atoms with E-state index in [-0.39, 0.29) is 17.8 Å². The Morgan fingerprint density at radius 1 is 1.21 bits per heavy atom. The lowest BCUT2D eigenvalue weighted by Gasteiger charge is -2.20. The SMILES string of the molecule is O=C(CCl)N1CCCC1c1nc2cc(-c3cccc(C(F)(F)F)c3)ccc2o1.